The number of amides is 1. The average molecular weight is 208 g/mol. The Hall–Kier alpha value is -1.42. The van der Waals surface area contributed by atoms with E-state index in [1.807, 2.05) is 13.8 Å². The maximum atomic E-state index is 11.7. The minimum Gasteiger partial charge on any atom is -0.394 e. The van der Waals surface area contributed by atoms with Gasteiger partial charge in [-0.3, -0.25) is 9.78 Å². The first-order valence-corrected chi connectivity index (χ1v) is 4.94. The minimum absolute atomic E-state index is 0.0691. The molecule has 15 heavy (non-hydrogen) atoms. The van der Waals surface area contributed by atoms with E-state index >= 15 is 0 Å². The molecular weight excluding hydrogens is 192 g/mol. The van der Waals surface area contributed by atoms with E-state index < -0.39 is 5.54 Å². The first kappa shape index (κ1) is 11.7. The van der Waals surface area contributed by atoms with Crippen molar-refractivity contribution in [3.63, 3.8) is 0 Å². The van der Waals surface area contributed by atoms with Crippen molar-refractivity contribution in [1.82, 2.24) is 10.3 Å². The van der Waals surface area contributed by atoms with E-state index in [4.69, 9.17) is 5.11 Å². The van der Waals surface area contributed by atoms with E-state index in [9.17, 15) is 4.79 Å². The van der Waals surface area contributed by atoms with Crippen LogP contribution in [0.2, 0.25) is 0 Å². The third-order valence-corrected chi connectivity index (χ3v) is 2.49. The van der Waals surface area contributed by atoms with Gasteiger partial charge in [0, 0.05) is 18.0 Å². The van der Waals surface area contributed by atoms with Gasteiger partial charge in [0.05, 0.1) is 12.1 Å². The lowest BCUT2D eigenvalue weighted by molar-refractivity contribution is 0.0847. The van der Waals surface area contributed by atoms with Gasteiger partial charge in [-0.05, 0) is 25.5 Å². The van der Waals surface area contributed by atoms with Crippen LogP contribution in [0.25, 0.3) is 0 Å². The summed E-state index contributed by atoms with van der Waals surface area (Å²) in [5, 5.41) is 11.9. The normalized spacial score (nSPS) is 14.3. The molecule has 1 amide bonds. The Balaban J connectivity index is 2.72. The molecule has 4 nitrogen and oxygen atoms in total. The number of carbonyl (C=O) groups excluding carboxylic acids is 1. The zero-order valence-corrected chi connectivity index (χ0v) is 9.03. The Kier molecular flexibility index (Phi) is 3.80. The molecule has 0 radical (unpaired) electrons. The van der Waals surface area contributed by atoms with Crippen LogP contribution in [-0.2, 0) is 0 Å². The monoisotopic (exact) mass is 208 g/mol. The summed E-state index contributed by atoms with van der Waals surface area (Å²) in [5.41, 5.74) is -0.00139. The summed E-state index contributed by atoms with van der Waals surface area (Å²) in [6, 6.07) is 3.28. The van der Waals surface area contributed by atoms with Crippen molar-refractivity contribution in [3.8, 4) is 0 Å². The molecule has 0 aliphatic heterocycles. The van der Waals surface area contributed by atoms with Gasteiger partial charge in [-0.2, -0.15) is 0 Å². The van der Waals surface area contributed by atoms with Crippen LogP contribution in [0.5, 0.6) is 0 Å². The Morgan fingerprint density at radius 1 is 1.53 bits per heavy atom. The molecule has 0 fully saturated rings. The van der Waals surface area contributed by atoms with Gasteiger partial charge in [-0.25, -0.2) is 0 Å². The number of hydrogen-bond donors (Lipinski definition) is 2. The molecule has 1 rings (SSSR count). The van der Waals surface area contributed by atoms with Gasteiger partial charge in [0.25, 0.3) is 5.91 Å². The van der Waals surface area contributed by atoms with Crippen molar-refractivity contribution >= 4 is 5.91 Å². The third-order valence-electron chi connectivity index (χ3n) is 2.49. The van der Waals surface area contributed by atoms with Gasteiger partial charge in [0.2, 0.25) is 0 Å². The lowest BCUT2D eigenvalue weighted by atomic mass is 10.00. The predicted molar refractivity (Wildman–Crippen MR) is 57.5 cm³/mol. The highest BCUT2D eigenvalue weighted by Gasteiger charge is 2.23. The molecule has 1 aromatic heterocycles. The van der Waals surface area contributed by atoms with Crippen molar-refractivity contribution in [2.45, 2.75) is 25.8 Å². The molecule has 1 aromatic rings. The molecular formula is C11H16N2O2. The van der Waals surface area contributed by atoms with E-state index in [2.05, 4.69) is 10.3 Å². The number of nitrogens with zero attached hydrogens (tertiary/aromatic N) is 1. The highest BCUT2D eigenvalue weighted by atomic mass is 16.3. The summed E-state index contributed by atoms with van der Waals surface area (Å²) in [6.45, 7) is 3.66. The van der Waals surface area contributed by atoms with E-state index in [-0.39, 0.29) is 12.5 Å². The van der Waals surface area contributed by atoms with Crippen molar-refractivity contribution < 1.29 is 9.90 Å². The number of pyridine rings is 1. The fraction of sp³-hybridized carbons (Fsp3) is 0.455. The number of aliphatic hydroxyl groups is 1. The highest BCUT2D eigenvalue weighted by molar-refractivity contribution is 5.94. The van der Waals surface area contributed by atoms with E-state index in [1.54, 1.807) is 24.5 Å². The molecule has 0 aliphatic rings. The predicted octanol–water partition coefficient (Wildman–Crippen LogP) is 0.972. The maximum absolute atomic E-state index is 11.7. The topological polar surface area (TPSA) is 62.2 Å². The summed E-state index contributed by atoms with van der Waals surface area (Å²) < 4.78 is 0. The van der Waals surface area contributed by atoms with E-state index in [1.165, 1.54) is 0 Å². The number of carbonyl (C=O) groups is 1. The van der Waals surface area contributed by atoms with Crippen LogP contribution in [0.4, 0.5) is 0 Å². The van der Waals surface area contributed by atoms with Gasteiger partial charge in [-0.1, -0.05) is 6.92 Å². The van der Waals surface area contributed by atoms with Crippen LogP contribution in [-0.4, -0.2) is 28.1 Å². The average Bonchev–Trinajstić information content (AvgIpc) is 2.30. The van der Waals surface area contributed by atoms with Crippen LogP contribution in [0.1, 0.15) is 30.6 Å². The van der Waals surface area contributed by atoms with Crippen LogP contribution in [0, 0.1) is 0 Å². The second-order valence-electron chi connectivity index (χ2n) is 3.76. The second-order valence-corrected chi connectivity index (χ2v) is 3.76. The number of nitrogens with one attached hydrogen (secondary N) is 1. The molecule has 0 saturated carbocycles. The molecule has 0 saturated heterocycles. The van der Waals surface area contributed by atoms with Crippen LogP contribution >= 0.6 is 0 Å². The van der Waals surface area contributed by atoms with E-state index in [0.717, 1.165) is 0 Å². The summed E-state index contributed by atoms with van der Waals surface area (Å²) in [6.07, 6.45) is 3.81. The molecule has 0 aliphatic carbocycles. The van der Waals surface area contributed by atoms with Crippen LogP contribution in [0.3, 0.4) is 0 Å². The lowest BCUT2D eigenvalue weighted by Crippen LogP contribution is -2.48. The minimum atomic E-state index is -0.555. The molecule has 1 atom stereocenters. The Labute approximate surface area is 89.3 Å². The molecule has 0 aromatic carbocycles. The van der Waals surface area contributed by atoms with Gasteiger partial charge < -0.3 is 10.4 Å². The number of aromatic nitrogens is 1. The number of aliphatic hydroxyl groups excluding tert-OH is 1. The first-order chi connectivity index (χ1) is 7.11. The van der Waals surface area contributed by atoms with E-state index in [0.29, 0.717) is 12.0 Å². The highest BCUT2D eigenvalue weighted by Crippen LogP contribution is 2.09. The molecule has 0 spiro atoms. The smallest absolute Gasteiger partial charge is 0.251 e. The quantitative estimate of drug-likeness (QED) is 0.775. The van der Waals surface area contributed by atoms with Crippen molar-refractivity contribution in [2.24, 2.45) is 0 Å². The Morgan fingerprint density at radius 3 is 2.60 bits per heavy atom. The SMILES string of the molecule is CCC(C)(CO)NC(=O)c1ccncc1. The summed E-state index contributed by atoms with van der Waals surface area (Å²) >= 11 is 0. The molecule has 0 bridgehead atoms. The van der Waals surface area contributed by atoms with Crippen molar-refractivity contribution in [1.29, 1.82) is 0 Å². The Morgan fingerprint density at radius 2 is 2.13 bits per heavy atom. The second kappa shape index (κ2) is 4.89. The lowest BCUT2D eigenvalue weighted by Gasteiger charge is -2.27. The van der Waals surface area contributed by atoms with Crippen molar-refractivity contribution in [3.05, 3.63) is 30.1 Å². The summed E-state index contributed by atoms with van der Waals surface area (Å²) in [4.78, 5) is 15.6. The van der Waals surface area contributed by atoms with Gasteiger partial charge in [-0.15, -0.1) is 0 Å². The zero-order chi connectivity index (χ0) is 11.3. The fourth-order valence-electron chi connectivity index (χ4n) is 1.09. The summed E-state index contributed by atoms with van der Waals surface area (Å²) in [7, 11) is 0. The zero-order valence-electron chi connectivity index (χ0n) is 9.03. The van der Waals surface area contributed by atoms with Crippen LogP contribution < -0.4 is 5.32 Å². The fourth-order valence-corrected chi connectivity index (χ4v) is 1.09. The molecule has 82 valence electrons. The molecule has 1 heterocycles. The molecule has 2 N–H and O–H groups in total. The number of rotatable bonds is 4. The molecule has 1 unspecified atom stereocenters. The largest absolute Gasteiger partial charge is 0.394 e. The number of hydrogen-bond acceptors (Lipinski definition) is 3. The standard InChI is InChI=1S/C11H16N2O2/c1-3-11(2,8-14)13-10(15)9-4-6-12-7-5-9/h4-7,14H,3,8H2,1-2H3,(H,13,15). The van der Waals surface area contributed by atoms with Crippen molar-refractivity contribution in [2.75, 3.05) is 6.61 Å². The van der Waals surface area contributed by atoms with Crippen LogP contribution in [0.15, 0.2) is 24.5 Å². The third kappa shape index (κ3) is 3.02. The van der Waals surface area contributed by atoms with Gasteiger partial charge >= 0.3 is 0 Å². The first-order valence-electron chi connectivity index (χ1n) is 4.94. The van der Waals surface area contributed by atoms with Gasteiger partial charge in [0.1, 0.15) is 0 Å². The summed E-state index contributed by atoms with van der Waals surface area (Å²) in [5.74, 6) is -0.184. The maximum Gasteiger partial charge on any atom is 0.251 e. The Bertz CT molecular complexity index is 321. The van der Waals surface area contributed by atoms with Gasteiger partial charge in [0.15, 0.2) is 0 Å². The molecule has 4 heteroatoms.